The molecule has 0 amide bonds. The number of thiophene rings is 1. The van der Waals surface area contributed by atoms with Gasteiger partial charge in [-0.15, -0.1) is 11.3 Å². The minimum atomic E-state index is -0.328. The van der Waals surface area contributed by atoms with Crippen molar-refractivity contribution in [2.75, 3.05) is 0 Å². The van der Waals surface area contributed by atoms with Gasteiger partial charge < -0.3 is 0 Å². The summed E-state index contributed by atoms with van der Waals surface area (Å²) in [6.07, 6.45) is 0. The highest BCUT2D eigenvalue weighted by atomic mass is 127. The fourth-order valence-corrected chi connectivity index (χ4v) is 2.89. The van der Waals surface area contributed by atoms with Gasteiger partial charge in [0.1, 0.15) is 0 Å². The Labute approximate surface area is 98.0 Å². The van der Waals surface area contributed by atoms with Gasteiger partial charge in [0.05, 0.1) is 15.7 Å². The second kappa shape index (κ2) is 3.47. The number of nitro groups is 1. The molecule has 0 saturated heterocycles. The number of hydrogen-bond donors (Lipinski definition) is 0. The van der Waals surface area contributed by atoms with Crippen LogP contribution in [0.4, 0.5) is 5.69 Å². The molecule has 72 valence electrons. The van der Waals surface area contributed by atoms with Gasteiger partial charge in [0.2, 0.25) is 0 Å². The van der Waals surface area contributed by atoms with Gasteiger partial charge in [-0.05, 0) is 47.2 Å². The van der Waals surface area contributed by atoms with Crippen LogP contribution in [0.1, 0.15) is 5.56 Å². The number of rotatable bonds is 1. The molecule has 1 aromatic heterocycles. The Balaban J connectivity index is 2.80. The zero-order chi connectivity index (χ0) is 10.3. The monoisotopic (exact) mass is 319 g/mol. The van der Waals surface area contributed by atoms with Crippen LogP contribution < -0.4 is 0 Å². The summed E-state index contributed by atoms with van der Waals surface area (Å²) in [6, 6.07) is 3.87. The number of fused-ring (bicyclic) bond motifs is 1. The van der Waals surface area contributed by atoms with Crippen molar-refractivity contribution in [2.45, 2.75) is 6.92 Å². The van der Waals surface area contributed by atoms with E-state index in [1.165, 1.54) is 11.3 Å². The van der Waals surface area contributed by atoms with E-state index in [9.17, 15) is 10.1 Å². The van der Waals surface area contributed by atoms with Gasteiger partial charge in [0.25, 0.3) is 5.69 Å². The first kappa shape index (κ1) is 9.85. The Morgan fingerprint density at radius 2 is 2.21 bits per heavy atom. The third-order valence-electron chi connectivity index (χ3n) is 2.03. The lowest BCUT2D eigenvalue weighted by molar-refractivity contribution is -0.382. The summed E-state index contributed by atoms with van der Waals surface area (Å²) < 4.78 is 2.12. The standard InChI is InChI=1S/C9H6INO2S/c1-5-2-6-8(11(12)13)4-14-9(6)3-7(5)10/h2-4H,1H3. The summed E-state index contributed by atoms with van der Waals surface area (Å²) in [5.41, 5.74) is 1.30. The Morgan fingerprint density at radius 3 is 2.86 bits per heavy atom. The van der Waals surface area contributed by atoms with E-state index in [1.807, 2.05) is 19.1 Å². The van der Waals surface area contributed by atoms with Crippen LogP contribution >= 0.6 is 33.9 Å². The molecule has 2 rings (SSSR count). The maximum atomic E-state index is 10.7. The molecule has 0 spiro atoms. The van der Waals surface area contributed by atoms with Crippen molar-refractivity contribution in [3.05, 3.63) is 36.8 Å². The molecule has 0 N–H and O–H groups in total. The van der Waals surface area contributed by atoms with E-state index in [2.05, 4.69) is 22.6 Å². The molecular weight excluding hydrogens is 313 g/mol. The molecular formula is C9H6INO2S. The molecule has 0 bridgehead atoms. The Hall–Kier alpha value is -0.690. The molecule has 2 aromatic rings. The van der Waals surface area contributed by atoms with Crippen molar-refractivity contribution in [1.29, 1.82) is 0 Å². The molecule has 0 fully saturated rings. The smallest absolute Gasteiger partial charge is 0.258 e. The number of halogens is 1. The molecule has 14 heavy (non-hydrogen) atoms. The highest BCUT2D eigenvalue weighted by molar-refractivity contribution is 14.1. The second-order valence-electron chi connectivity index (χ2n) is 2.98. The van der Waals surface area contributed by atoms with Crippen molar-refractivity contribution in [1.82, 2.24) is 0 Å². The highest BCUT2D eigenvalue weighted by Gasteiger charge is 2.14. The topological polar surface area (TPSA) is 43.1 Å². The van der Waals surface area contributed by atoms with Gasteiger partial charge in [-0.25, -0.2) is 0 Å². The van der Waals surface area contributed by atoms with E-state index in [-0.39, 0.29) is 10.6 Å². The summed E-state index contributed by atoms with van der Waals surface area (Å²) in [5.74, 6) is 0. The van der Waals surface area contributed by atoms with Gasteiger partial charge in [-0.3, -0.25) is 10.1 Å². The summed E-state index contributed by atoms with van der Waals surface area (Å²) in [6.45, 7) is 1.96. The molecule has 0 saturated carbocycles. The first-order valence-electron chi connectivity index (χ1n) is 3.91. The molecule has 0 aliphatic carbocycles. The van der Waals surface area contributed by atoms with E-state index in [0.29, 0.717) is 0 Å². The van der Waals surface area contributed by atoms with Crippen LogP contribution in [0.15, 0.2) is 17.5 Å². The number of nitrogens with zero attached hydrogens (tertiary/aromatic N) is 1. The largest absolute Gasteiger partial charge is 0.287 e. The van der Waals surface area contributed by atoms with Crippen molar-refractivity contribution < 1.29 is 4.92 Å². The number of aryl methyl sites for hydroxylation is 1. The van der Waals surface area contributed by atoms with Crippen molar-refractivity contribution in [2.24, 2.45) is 0 Å². The van der Waals surface area contributed by atoms with E-state index < -0.39 is 0 Å². The molecule has 1 aromatic carbocycles. The van der Waals surface area contributed by atoms with Crippen molar-refractivity contribution in [3.63, 3.8) is 0 Å². The summed E-state index contributed by atoms with van der Waals surface area (Å²) >= 11 is 3.65. The fraction of sp³-hybridized carbons (Fsp3) is 0.111. The van der Waals surface area contributed by atoms with Crippen LogP contribution in [0.3, 0.4) is 0 Å². The molecule has 1 heterocycles. The van der Waals surface area contributed by atoms with E-state index in [4.69, 9.17) is 0 Å². The number of benzene rings is 1. The molecule has 0 aliphatic heterocycles. The number of hydrogen-bond acceptors (Lipinski definition) is 3. The predicted molar refractivity (Wildman–Crippen MR) is 65.9 cm³/mol. The maximum Gasteiger partial charge on any atom is 0.287 e. The lowest BCUT2D eigenvalue weighted by Gasteiger charge is -1.97. The maximum absolute atomic E-state index is 10.7. The average Bonchev–Trinajstić information content (AvgIpc) is 2.48. The molecule has 0 atom stereocenters. The minimum Gasteiger partial charge on any atom is -0.258 e. The lowest BCUT2D eigenvalue weighted by Crippen LogP contribution is -1.86. The highest BCUT2D eigenvalue weighted by Crippen LogP contribution is 2.34. The summed E-state index contributed by atoms with van der Waals surface area (Å²) in [7, 11) is 0. The van der Waals surface area contributed by atoms with Crippen molar-refractivity contribution >= 4 is 49.7 Å². The normalized spacial score (nSPS) is 10.7. The average molecular weight is 319 g/mol. The molecule has 0 aliphatic rings. The molecule has 5 heteroatoms. The SMILES string of the molecule is Cc1cc2c([N+](=O)[O-])csc2cc1I. The van der Waals surface area contributed by atoms with Crippen LogP contribution in [0.25, 0.3) is 10.1 Å². The zero-order valence-corrected chi connectivity index (χ0v) is 10.3. The van der Waals surface area contributed by atoms with Crippen molar-refractivity contribution in [3.8, 4) is 0 Å². The van der Waals surface area contributed by atoms with Gasteiger partial charge in [0, 0.05) is 8.27 Å². The van der Waals surface area contributed by atoms with Gasteiger partial charge in [-0.2, -0.15) is 0 Å². The third-order valence-corrected chi connectivity index (χ3v) is 4.13. The predicted octanol–water partition coefficient (Wildman–Crippen LogP) is 3.72. The van der Waals surface area contributed by atoms with Crippen LogP contribution in [0.2, 0.25) is 0 Å². The van der Waals surface area contributed by atoms with Crippen LogP contribution in [0, 0.1) is 20.6 Å². The second-order valence-corrected chi connectivity index (χ2v) is 5.05. The van der Waals surface area contributed by atoms with Crippen LogP contribution in [-0.4, -0.2) is 4.92 Å². The Kier molecular flexibility index (Phi) is 2.44. The quantitative estimate of drug-likeness (QED) is 0.457. The molecule has 0 radical (unpaired) electrons. The Bertz CT molecular complexity index is 521. The van der Waals surface area contributed by atoms with Gasteiger partial charge in [0.15, 0.2) is 0 Å². The first-order chi connectivity index (χ1) is 6.59. The molecule has 0 unspecified atom stereocenters. The fourth-order valence-electron chi connectivity index (χ4n) is 1.29. The van der Waals surface area contributed by atoms with Gasteiger partial charge >= 0.3 is 0 Å². The minimum absolute atomic E-state index is 0.213. The summed E-state index contributed by atoms with van der Waals surface area (Å²) in [5, 5.41) is 13.0. The van der Waals surface area contributed by atoms with E-state index >= 15 is 0 Å². The summed E-state index contributed by atoms with van der Waals surface area (Å²) in [4.78, 5) is 10.4. The van der Waals surface area contributed by atoms with Gasteiger partial charge in [-0.1, -0.05) is 0 Å². The van der Waals surface area contributed by atoms with E-state index in [1.54, 1.807) is 5.38 Å². The Morgan fingerprint density at radius 1 is 1.50 bits per heavy atom. The third kappa shape index (κ3) is 1.50. The van der Waals surface area contributed by atoms with Crippen LogP contribution in [0.5, 0.6) is 0 Å². The lowest BCUT2D eigenvalue weighted by atomic mass is 10.2. The molecule has 3 nitrogen and oxygen atoms in total. The van der Waals surface area contributed by atoms with E-state index in [0.717, 1.165) is 19.2 Å². The first-order valence-corrected chi connectivity index (χ1v) is 5.87. The van der Waals surface area contributed by atoms with Crippen LogP contribution in [-0.2, 0) is 0 Å². The zero-order valence-electron chi connectivity index (χ0n) is 7.28.